The molecule has 3 aromatic rings. The fourth-order valence-electron chi connectivity index (χ4n) is 4.48. The summed E-state index contributed by atoms with van der Waals surface area (Å²) in [5, 5.41) is 11.8. The maximum absolute atomic E-state index is 13.2. The Bertz CT molecular complexity index is 1290. The number of likely N-dealkylation sites (tertiary alicyclic amines) is 1. The topological polar surface area (TPSA) is 79.7 Å². The summed E-state index contributed by atoms with van der Waals surface area (Å²) < 4.78 is 5.74. The molecule has 1 fully saturated rings. The molecule has 2 aliphatic rings. The van der Waals surface area contributed by atoms with Gasteiger partial charge >= 0.3 is 0 Å². The molecule has 1 N–H and O–H groups in total. The predicted molar refractivity (Wildman–Crippen MR) is 124 cm³/mol. The number of ether oxygens (including phenoxy) is 1. The summed E-state index contributed by atoms with van der Waals surface area (Å²) in [6.45, 7) is 2.14. The molecule has 166 valence electrons. The first-order chi connectivity index (χ1) is 15.9. The van der Waals surface area contributed by atoms with Gasteiger partial charge in [-0.1, -0.05) is 29.8 Å². The molecule has 0 saturated carbocycles. The molecule has 33 heavy (non-hydrogen) atoms. The molecule has 3 heterocycles. The van der Waals surface area contributed by atoms with Crippen molar-refractivity contribution in [2.45, 2.75) is 32.0 Å². The van der Waals surface area contributed by atoms with Crippen LogP contribution in [0, 0.1) is 0 Å². The third kappa shape index (κ3) is 3.87. The normalized spacial score (nSPS) is 21.2. The molecule has 1 amide bonds. The Hall–Kier alpha value is -3.64. The second-order valence-electron chi connectivity index (χ2n) is 8.30. The number of halogens is 1. The highest BCUT2D eigenvalue weighted by Gasteiger charge is 2.46. The lowest BCUT2D eigenvalue weighted by atomic mass is 9.94. The average molecular weight is 461 g/mol. The van der Waals surface area contributed by atoms with Gasteiger partial charge in [-0.05, 0) is 60.0 Å². The first kappa shape index (κ1) is 21.2. The number of hydrogen-bond donors (Lipinski definition) is 1. The Labute approximate surface area is 196 Å². The number of rotatable bonds is 4. The number of ketones is 1. The summed E-state index contributed by atoms with van der Waals surface area (Å²) >= 11 is 6.24. The molecule has 2 atom stereocenters. The highest BCUT2D eigenvalue weighted by molar-refractivity contribution is 6.46. The first-order valence-corrected chi connectivity index (χ1v) is 11.0. The number of aliphatic hydroxyl groups is 1. The summed E-state index contributed by atoms with van der Waals surface area (Å²) in [7, 11) is 0. The van der Waals surface area contributed by atoms with E-state index in [9.17, 15) is 14.7 Å². The average Bonchev–Trinajstić information content (AvgIpc) is 3.30. The van der Waals surface area contributed by atoms with E-state index in [4.69, 9.17) is 16.3 Å². The summed E-state index contributed by atoms with van der Waals surface area (Å²) in [6.07, 6.45) is 4.05. The van der Waals surface area contributed by atoms with Crippen LogP contribution in [0.3, 0.4) is 0 Å². The van der Waals surface area contributed by atoms with Crippen LogP contribution in [-0.2, 0) is 22.6 Å². The minimum absolute atomic E-state index is 0.0399. The molecule has 5 rings (SSSR count). The van der Waals surface area contributed by atoms with Crippen molar-refractivity contribution in [1.29, 1.82) is 0 Å². The van der Waals surface area contributed by atoms with Gasteiger partial charge in [-0.25, -0.2) is 0 Å². The fraction of sp³-hybridized carbons (Fsp3) is 0.192. The molecule has 0 aliphatic carbocycles. The zero-order valence-corrected chi connectivity index (χ0v) is 18.6. The van der Waals surface area contributed by atoms with Crippen LogP contribution in [0.1, 0.15) is 35.2 Å². The second-order valence-corrected chi connectivity index (χ2v) is 8.73. The number of hydrogen-bond acceptors (Lipinski definition) is 5. The number of amides is 1. The van der Waals surface area contributed by atoms with E-state index in [1.54, 1.807) is 54.9 Å². The summed E-state index contributed by atoms with van der Waals surface area (Å²) in [5.41, 5.74) is 2.88. The molecule has 0 bridgehead atoms. The van der Waals surface area contributed by atoms with Crippen LogP contribution in [0.4, 0.5) is 0 Å². The number of benzene rings is 2. The molecule has 7 heteroatoms. The minimum atomic E-state index is -0.785. The monoisotopic (exact) mass is 460 g/mol. The molecule has 0 unspecified atom stereocenters. The van der Waals surface area contributed by atoms with Crippen molar-refractivity contribution in [2.24, 2.45) is 0 Å². The molecular formula is C26H21ClN2O4. The Morgan fingerprint density at radius 2 is 2.03 bits per heavy atom. The van der Waals surface area contributed by atoms with E-state index in [2.05, 4.69) is 4.98 Å². The van der Waals surface area contributed by atoms with Gasteiger partial charge in [-0.3, -0.25) is 14.6 Å². The quantitative estimate of drug-likeness (QED) is 0.347. The number of aromatic nitrogens is 1. The van der Waals surface area contributed by atoms with Crippen LogP contribution >= 0.6 is 11.6 Å². The van der Waals surface area contributed by atoms with E-state index in [0.29, 0.717) is 22.6 Å². The maximum atomic E-state index is 13.2. The predicted octanol–water partition coefficient (Wildman–Crippen LogP) is 4.68. The van der Waals surface area contributed by atoms with Gasteiger partial charge in [-0.2, -0.15) is 0 Å². The number of carbonyl (C=O) groups is 2. The molecule has 2 aliphatic heterocycles. The highest BCUT2D eigenvalue weighted by atomic mass is 35.5. The third-order valence-corrected chi connectivity index (χ3v) is 6.18. The van der Waals surface area contributed by atoms with Gasteiger partial charge in [-0.15, -0.1) is 0 Å². The molecule has 1 aromatic heterocycles. The lowest BCUT2D eigenvalue weighted by Gasteiger charge is -2.25. The smallest absolute Gasteiger partial charge is 0.295 e. The lowest BCUT2D eigenvalue weighted by Crippen LogP contribution is -2.29. The molecule has 0 spiro atoms. The van der Waals surface area contributed by atoms with Crippen molar-refractivity contribution in [2.75, 3.05) is 0 Å². The highest BCUT2D eigenvalue weighted by Crippen LogP contribution is 2.41. The zero-order valence-electron chi connectivity index (χ0n) is 17.9. The van der Waals surface area contributed by atoms with Crippen LogP contribution in [0.15, 0.2) is 72.6 Å². The van der Waals surface area contributed by atoms with E-state index >= 15 is 0 Å². The van der Waals surface area contributed by atoms with Gasteiger partial charge in [0.1, 0.15) is 17.6 Å². The summed E-state index contributed by atoms with van der Waals surface area (Å²) in [6, 6.07) is 15.1. The second kappa shape index (κ2) is 8.37. The van der Waals surface area contributed by atoms with Gasteiger partial charge < -0.3 is 14.7 Å². The van der Waals surface area contributed by atoms with E-state index in [-0.39, 0.29) is 24.0 Å². The largest absolute Gasteiger partial charge is 0.507 e. The standard InChI is InChI=1S/C26H21ClN2O4/c1-15-10-19-11-18(7-8-21(19)33-15)24(30)22-23(17-5-2-6-20(27)12-17)29(26(32)25(22)31)14-16-4-3-9-28-13-16/h2-9,11-13,15,23,30H,10,14H2,1H3/b24-22+/t15-,23-/m0/s1. The van der Waals surface area contributed by atoms with E-state index in [0.717, 1.165) is 16.9 Å². The van der Waals surface area contributed by atoms with Crippen LogP contribution in [-0.4, -0.2) is 32.8 Å². The summed E-state index contributed by atoms with van der Waals surface area (Å²) in [4.78, 5) is 31.9. The minimum Gasteiger partial charge on any atom is -0.507 e. The Morgan fingerprint density at radius 3 is 2.79 bits per heavy atom. The fourth-order valence-corrected chi connectivity index (χ4v) is 4.68. The van der Waals surface area contributed by atoms with Crippen molar-refractivity contribution < 1.29 is 19.4 Å². The van der Waals surface area contributed by atoms with Crippen molar-refractivity contribution in [3.05, 3.63) is 99.8 Å². The van der Waals surface area contributed by atoms with Crippen LogP contribution in [0.25, 0.3) is 5.76 Å². The van der Waals surface area contributed by atoms with E-state index < -0.39 is 17.7 Å². The van der Waals surface area contributed by atoms with Gasteiger partial charge in [0.15, 0.2) is 0 Å². The number of Topliss-reactive ketones (excluding diaryl/α,β-unsaturated/α-hetero) is 1. The molecule has 6 nitrogen and oxygen atoms in total. The van der Waals surface area contributed by atoms with Crippen LogP contribution in [0.2, 0.25) is 5.02 Å². The first-order valence-electron chi connectivity index (χ1n) is 10.6. The van der Waals surface area contributed by atoms with Crippen LogP contribution < -0.4 is 4.74 Å². The van der Waals surface area contributed by atoms with E-state index in [1.165, 1.54) is 4.90 Å². The Kier molecular flexibility index (Phi) is 5.38. The molecule has 0 radical (unpaired) electrons. The van der Waals surface area contributed by atoms with Crippen molar-refractivity contribution in [3.63, 3.8) is 0 Å². The Balaban J connectivity index is 1.64. The van der Waals surface area contributed by atoms with Gasteiger partial charge in [0.2, 0.25) is 0 Å². The lowest BCUT2D eigenvalue weighted by molar-refractivity contribution is -0.140. The summed E-state index contributed by atoms with van der Waals surface area (Å²) in [5.74, 6) is -0.855. The molecule has 2 aromatic carbocycles. The van der Waals surface area contributed by atoms with Crippen molar-refractivity contribution in [1.82, 2.24) is 9.88 Å². The third-order valence-electron chi connectivity index (χ3n) is 5.95. The molecule has 1 saturated heterocycles. The van der Waals surface area contributed by atoms with Gasteiger partial charge in [0, 0.05) is 35.9 Å². The van der Waals surface area contributed by atoms with Crippen LogP contribution in [0.5, 0.6) is 5.75 Å². The SMILES string of the molecule is C[C@H]1Cc2cc(/C(O)=C3\C(=O)C(=O)N(Cc4cccnc4)[C@H]3c3cccc(Cl)c3)ccc2O1. The number of nitrogens with zero attached hydrogens (tertiary/aromatic N) is 2. The van der Waals surface area contributed by atoms with Crippen molar-refractivity contribution >= 4 is 29.1 Å². The molecular weight excluding hydrogens is 440 g/mol. The number of fused-ring (bicyclic) bond motifs is 1. The van der Waals surface area contributed by atoms with Gasteiger partial charge in [0.25, 0.3) is 11.7 Å². The van der Waals surface area contributed by atoms with Gasteiger partial charge in [0.05, 0.1) is 11.6 Å². The number of aliphatic hydroxyl groups excluding tert-OH is 1. The maximum Gasteiger partial charge on any atom is 0.295 e. The number of carbonyl (C=O) groups excluding carboxylic acids is 2. The zero-order chi connectivity index (χ0) is 23.1. The van der Waals surface area contributed by atoms with Crippen molar-refractivity contribution in [3.8, 4) is 5.75 Å². The number of pyridine rings is 1. The van der Waals surface area contributed by atoms with E-state index in [1.807, 2.05) is 19.1 Å². The Morgan fingerprint density at radius 1 is 1.18 bits per heavy atom.